The molecule has 0 spiro atoms. The Hall–Kier alpha value is -1.89. The van der Waals surface area contributed by atoms with Gasteiger partial charge in [-0.15, -0.1) is 0 Å². The van der Waals surface area contributed by atoms with Crippen molar-refractivity contribution >= 4 is 11.7 Å². The highest BCUT2D eigenvalue weighted by molar-refractivity contribution is 5.74. The van der Waals surface area contributed by atoms with Crippen LogP contribution in [0, 0.1) is 0 Å². The summed E-state index contributed by atoms with van der Waals surface area (Å²) < 4.78 is 6.99. The van der Waals surface area contributed by atoms with E-state index in [0.717, 1.165) is 5.57 Å². The zero-order valence-electron chi connectivity index (χ0n) is 12.3. The van der Waals surface area contributed by atoms with E-state index in [9.17, 15) is 4.79 Å². The molecule has 1 aromatic heterocycles. The summed E-state index contributed by atoms with van der Waals surface area (Å²) in [6, 6.07) is -0.241. The summed E-state index contributed by atoms with van der Waals surface area (Å²) in [5, 5.41) is 4.24. The lowest BCUT2D eigenvalue weighted by Gasteiger charge is -2.31. The molecule has 0 aliphatic carbocycles. The highest BCUT2D eigenvalue weighted by Gasteiger charge is 2.28. The summed E-state index contributed by atoms with van der Waals surface area (Å²) >= 11 is 0. The van der Waals surface area contributed by atoms with E-state index in [1.807, 2.05) is 26.8 Å². The molecule has 0 saturated heterocycles. The predicted molar refractivity (Wildman–Crippen MR) is 74.8 cm³/mol. The molecule has 1 atom stereocenters. The minimum Gasteiger partial charge on any atom is -0.444 e. The van der Waals surface area contributed by atoms with Gasteiger partial charge in [-0.05, 0) is 20.8 Å². The maximum absolute atomic E-state index is 12.1. The highest BCUT2D eigenvalue weighted by atomic mass is 16.6. The van der Waals surface area contributed by atoms with Gasteiger partial charge in [0.2, 0.25) is 0 Å². The summed E-state index contributed by atoms with van der Waals surface area (Å²) in [6.07, 6.45) is 3.15. The first-order chi connectivity index (χ1) is 9.24. The molecule has 1 aliphatic heterocycles. The lowest BCUT2D eigenvalue weighted by atomic mass is 10.1. The number of rotatable bonds is 1. The molecule has 1 amide bonds. The van der Waals surface area contributed by atoms with Crippen LogP contribution in [0.2, 0.25) is 0 Å². The van der Waals surface area contributed by atoms with Crippen molar-refractivity contribution in [2.45, 2.75) is 32.4 Å². The third-order valence-electron chi connectivity index (χ3n) is 2.75. The highest BCUT2D eigenvalue weighted by Crippen LogP contribution is 2.19. The molecule has 0 saturated carbocycles. The number of aryl methyl sites for hydroxylation is 1. The molecular weight excluding hydrogens is 258 g/mol. The fourth-order valence-corrected chi connectivity index (χ4v) is 1.99. The van der Waals surface area contributed by atoms with Crippen LogP contribution in [-0.2, 0) is 11.8 Å². The Kier molecular flexibility index (Phi) is 3.80. The number of nitrogens with two attached hydrogens (primary N) is 1. The molecule has 110 valence electrons. The Morgan fingerprint density at radius 1 is 1.50 bits per heavy atom. The predicted octanol–water partition coefficient (Wildman–Crippen LogP) is 0.776. The van der Waals surface area contributed by atoms with Gasteiger partial charge in [0.1, 0.15) is 11.9 Å². The van der Waals surface area contributed by atoms with Gasteiger partial charge in [-0.3, -0.25) is 4.68 Å². The zero-order valence-corrected chi connectivity index (χ0v) is 12.3. The number of carbonyl (C=O) groups excluding carboxylic acids is 1. The quantitative estimate of drug-likeness (QED) is 0.820. The van der Waals surface area contributed by atoms with Crippen LogP contribution in [0.25, 0.3) is 5.57 Å². The molecule has 1 aliphatic rings. The number of aromatic nitrogens is 3. The Labute approximate surface area is 118 Å². The van der Waals surface area contributed by atoms with Crippen molar-refractivity contribution in [1.82, 2.24) is 19.7 Å². The number of hydrogen-bond donors (Lipinski definition) is 1. The third kappa shape index (κ3) is 3.57. The van der Waals surface area contributed by atoms with Crippen LogP contribution < -0.4 is 5.73 Å². The average molecular weight is 279 g/mol. The van der Waals surface area contributed by atoms with E-state index in [2.05, 4.69) is 10.1 Å². The number of carbonyl (C=O) groups is 1. The van der Waals surface area contributed by atoms with E-state index in [1.54, 1.807) is 23.0 Å². The van der Waals surface area contributed by atoms with Gasteiger partial charge in [-0.25, -0.2) is 9.78 Å². The second kappa shape index (κ2) is 5.24. The summed E-state index contributed by atoms with van der Waals surface area (Å²) in [5.41, 5.74) is 6.29. The van der Waals surface area contributed by atoms with Crippen LogP contribution in [0.4, 0.5) is 4.79 Å². The summed E-state index contributed by atoms with van der Waals surface area (Å²) in [5.74, 6) is 0.594. The van der Waals surface area contributed by atoms with Crippen LogP contribution >= 0.6 is 0 Å². The van der Waals surface area contributed by atoms with Crippen molar-refractivity contribution in [3.05, 3.63) is 18.2 Å². The maximum Gasteiger partial charge on any atom is 0.410 e. The molecule has 2 N–H and O–H groups in total. The molecule has 0 radical (unpaired) electrons. The van der Waals surface area contributed by atoms with Gasteiger partial charge in [-0.1, -0.05) is 6.08 Å². The molecule has 0 bridgehead atoms. The van der Waals surface area contributed by atoms with Crippen LogP contribution in [0.1, 0.15) is 26.6 Å². The molecule has 20 heavy (non-hydrogen) atoms. The molecule has 2 heterocycles. The van der Waals surface area contributed by atoms with E-state index in [0.29, 0.717) is 18.9 Å². The van der Waals surface area contributed by atoms with E-state index in [4.69, 9.17) is 10.5 Å². The molecule has 7 heteroatoms. The second-order valence-corrected chi connectivity index (χ2v) is 5.96. The molecule has 2 rings (SSSR count). The normalized spacial score (nSPS) is 19.8. The fraction of sp³-hybridized carbons (Fsp3) is 0.615. The minimum absolute atomic E-state index is 0.241. The first kappa shape index (κ1) is 14.5. The number of amides is 1. The molecule has 1 aromatic rings. The first-order valence-corrected chi connectivity index (χ1v) is 6.55. The minimum atomic E-state index is -0.522. The second-order valence-electron chi connectivity index (χ2n) is 5.96. The van der Waals surface area contributed by atoms with Gasteiger partial charge in [0.15, 0.2) is 5.82 Å². The Balaban J connectivity index is 2.12. The lowest BCUT2D eigenvalue weighted by Crippen LogP contribution is -2.46. The smallest absolute Gasteiger partial charge is 0.410 e. The van der Waals surface area contributed by atoms with E-state index >= 15 is 0 Å². The maximum atomic E-state index is 12.1. The number of ether oxygens (including phenoxy) is 1. The van der Waals surface area contributed by atoms with Crippen molar-refractivity contribution in [1.29, 1.82) is 0 Å². The van der Waals surface area contributed by atoms with Crippen molar-refractivity contribution < 1.29 is 9.53 Å². The van der Waals surface area contributed by atoms with Gasteiger partial charge in [0.25, 0.3) is 0 Å². The molecule has 0 aromatic carbocycles. The van der Waals surface area contributed by atoms with Gasteiger partial charge >= 0.3 is 6.09 Å². The fourth-order valence-electron chi connectivity index (χ4n) is 1.99. The van der Waals surface area contributed by atoms with Gasteiger partial charge in [0, 0.05) is 25.2 Å². The van der Waals surface area contributed by atoms with Gasteiger partial charge < -0.3 is 15.4 Å². The number of hydrogen-bond acceptors (Lipinski definition) is 5. The Bertz CT molecular complexity index is 529. The Morgan fingerprint density at radius 2 is 2.20 bits per heavy atom. The van der Waals surface area contributed by atoms with E-state index in [-0.39, 0.29) is 12.1 Å². The lowest BCUT2D eigenvalue weighted by molar-refractivity contribution is 0.0265. The van der Waals surface area contributed by atoms with Crippen molar-refractivity contribution in [3.8, 4) is 0 Å². The van der Waals surface area contributed by atoms with Crippen LogP contribution in [0.5, 0.6) is 0 Å². The van der Waals surface area contributed by atoms with Gasteiger partial charge in [-0.2, -0.15) is 5.10 Å². The van der Waals surface area contributed by atoms with Crippen molar-refractivity contribution in [3.63, 3.8) is 0 Å². The van der Waals surface area contributed by atoms with Crippen LogP contribution in [0.15, 0.2) is 12.4 Å². The molecule has 0 fully saturated rings. The summed E-state index contributed by atoms with van der Waals surface area (Å²) in [7, 11) is 1.80. The summed E-state index contributed by atoms with van der Waals surface area (Å²) in [4.78, 5) is 17.9. The van der Waals surface area contributed by atoms with E-state index < -0.39 is 5.60 Å². The summed E-state index contributed by atoms with van der Waals surface area (Å²) in [6.45, 7) is 6.36. The third-order valence-corrected chi connectivity index (χ3v) is 2.75. The van der Waals surface area contributed by atoms with Crippen LogP contribution in [-0.4, -0.2) is 50.5 Å². The SMILES string of the molecule is Cn1cnc(C2=CC(N)CN(C(=O)OC(C)(C)C)C2)n1. The molecule has 1 unspecified atom stereocenters. The monoisotopic (exact) mass is 279 g/mol. The van der Waals surface area contributed by atoms with E-state index in [1.165, 1.54) is 0 Å². The average Bonchev–Trinajstić information content (AvgIpc) is 2.73. The Morgan fingerprint density at radius 3 is 2.75 bits per heavy atom. The van der Waals surface area contributed by atoms with Crippen molar-refractivity contribution in [2.75, 3.05) is 13.1 Å². The standard InChI is InChI=1S/C13H21N5O2/c1-13(2,3)20-12(19)18-6-9(5-10(14)7-18)11-15-8-17(4)16-11/h5,8,10H,6-7,14H2,1-4H3. The largest absolute Gasteiger partial charge is 0.444 e. The number of nitrogens with zero attached hydrogens (tertiary/aromatic N) is 4. The first-order valence-electron chi connectivity index (χ1n) is 6.55. The van der Waals surface area contributed by atoms with Gasteiger partial charge in [0.05, 0.1) is 6.54 Å². The van der Waals surface area contributed by atoms with Crippen molar-refractivity contribution in [2.24, 2.45) is 12.8 Å². The zero-order chi connectivity index (χ0) is 14.9. The molecule has 7 nitrogen and oxygen atoms in total. The van der Waals surface area contributed by atoms with Crippen LogP contribution in [0.3, 0.4) is 0 Å². The molecular formula is C13H21N5O2. The topological polar surface area (TPSA) is 86.3 Å².